The van der Waals surface area contributed by atoms with Crippen LogP contribution in [0.15, 0.2) is 36.5 Å². The number of pyridine rings is 1. The lowest BCUT2D eigenvalue weighted by Gasteiger charge is -2.20. The minimum atomic E-state index is 0.0250. The Bertz CT molecular complexity index is 653. The van der Waals surface area contributed by atoms with Crippen molar-refractivity contribution in [2.45, 2.75) is 38.0 Å². The van der Waals surface area contributed by atoms with Gasteiger partial charge in [0.25, 0.3) is 0 Å². The van der Waals surface area contributed by atoms with Crippen molar-refractivity contribution in [3.05, 3.63) is 64.5 Å². The van der Waals surface area contributed by atoms with E-state index in [0.29, 0.717) is 5.92 Å². The maximum absolute atomic E-state index is 6.53. The minimum Gasteiger partial charge on any atom is -0.372 e. The van der Waals surface area contributed by atoms with E-state index in [9.17, 15) is 0 Å². The van der Waals surface area contributed by atoms with Gasteiger partial charge in [-0.2, -0.15) is 0 Å². The molecule has 0 radical (unpaired) electrons. The van der Waals surface area contributed by atoms with Crippen LogP contribution in [0.4, 0.5) is 0 Å². The predicted octanol–water partition coefficient (Wildman–Crippen LogP) is 2.84. The van der Waals surface area contributed by atoms with E-state index in [1.807, 2.05) is 12.3 Å². The van der Waals surface area contributed by atoms with Crippen LogP contribution in [-0.4, -0.2) is 4.98 Å². The summed E-state index contributed by atoms with van der Waals surface area (Å²) in [5, 5.41) is 0. The van der Waals surface area contributed by atoms with Crippen LogP contribution in [0.25, 0.3) is 0 Å². The van der Waals surface area contributed by atoms with Crippen LogP contribution in [-0.2, 0) is 24.4 Å². The Labute approximate surface area is 118 Å². The van der Waals surface area contributed by atoms with Gasteiger partial charge in [0.05, 0.1) is 13.2 Å². The van der Waals surface area contributed by atoms with Crippen LogP contribution in [0.3, 0.4) is 0 Å². The molecule has 4 rings (SSSR count). The molecule has 1 aliphatic heterocycles. The Morgan fingerprint density at radius 3 is 3.00 bits per heavy atom. The first-order valence-corrected chi connectivity index (χ1v) is 7.22. The smallest absolute Gasteiger partial charge is 0.0725 e. The number of ether oxygens (including phenoxy) is 1. The molecule has 0 amide bonds. The number of rotatable bonds is 2. The molecule has 1 aromatic carbocycles. The summed E-state index contributed by atoms with van der Waals surface area (Å²) < 4.78 is 5.48. The molecule has 2 N–H and O–H groups in total. The molecule has 2 atom stereocenters. The molecule has 1 aromatic heterocycles. The third kappa shape index (κ3) is 1.86. The molecular weight excluding hydrogens is 248 g/mol. The second-order valence-electron chi connectivity index (χ2n) is 5.74. The van der Waals surface area contributed by atoms with Crippen LogP contribution in [0, 0.1) is 0 Å². The van der Waals surface area contributed by atoms with Gasteiger partial charge < -0.3 is 10.5 Å². The van der Waals surface area contributed by atoms with Crippen LogP contribution in [0.1, 0.15) is 46.3 Å². The summed E-state index contributed by atoms with van der Waals surface area (Å²) in [7, 11) is 0. The Hall–Kier alpha value is -1.71. The van der Waals surface area contributed by atoms with E-state index >= 15 is 0 Å². The standard InChI is InChI=1S/C17H18N2O/c18-16(12-3-4-13-9-20-10-14(13)8-12)15-6-5-11-2-1-7-19-17(11)15/h1-4,7-8,15-16H,5-6,9-10,18H2. The van der Waals surface area contributed by atoms with Crippen LogP contribution < -0.4 is 5.73 Å². The summed E-state index contributed by atoms with van der Waals surface area (Å²) >= 11 is 0. The van der Waals surface area contributed by atoms with Gasteiger partial charge >= 0.3 is 0 Å². The van der Waals surface area contributed by atoms with Crippen molar-refractivity contribution in [2.24, 2.45) is 5.73 Å². The van der Waals surface area contributed by atoms with Gasteiger partial charge in [-0.1, -0.05) is 24.3 Å². The molecule has 20 heavy (non-hydrogen) atoms. The zero-order valence-corrected chi connectivity index (χ0v) is 11.4. The van der Waals surface area contributed by atoms with Gasteiger partial charge in [-0.15, -0.1) is 0 Å². The molecule has 0 saturated heterocycles. The molecule has 2 unspecified atom stereocenters. The van der Waals surface area contributed by atoms with E-state index in [-0.39, 0.29) is 6.04 Å². The van der Waals surface area contributed by atoms with Crippen LogP contribution >= 0.6 is 0 Å². The zero-order valence-electron chi connectivity index (χ0n) is 11.4. The number of fused-ring (bicyclic) bond motifs is 2. The maximum Gasteiger partial charge on any atom is 0.0725 e. The molecule has 102 valence electrons. The summed E-state index contributed by atoms with van der Waals surface area (Å²) in [6.45, 7) is 1.45. The average molecular weight is 266 g/mol. The molecule has 2 aromatic rings. The van der Waals surface area contributed by atoms with Gasteiger partial charge in [0, 0.05) is 23.9 Å². The van der Waals surface area contributed by atoms with Crippen molar-refractivity contribution in [3.8, 4) is 0 Å². The van der Waals surface area contributed by atoms with Crippen LogP contribution in [0.5, 0.6) is 0 Å². The minimum absolute atomic E-state index is 0.0250. The predicted molar refractivity (Wildman–Crippen MR) is 77.2 cm³/mol. The highest BCUT2D eigenvalue weighted by atomic mass is 16.5. The highest BCUT2D eigenvalue weighted by Gasteiger charge is 2.30. The Morgan fingerprint density at radius 1 is 1.15 bits per heavy atom. The molecule has 0 saturated carbocycles. The van der Waals surface area contributed by atoms with Crippen molar-refractivity contribution >= 4 is 0 Å². The van der Waals surface area contributed by atoms with E-state index < -0.39 is 0 Å². The topological polar surface area (TPSA) is 48.1 Å². The van der Waals surface area contributed by atoms with Gasteiger partial charge in [0.15, 0.2) is 0 Å². The highest BCUT2D eigenvalue weighted by molar-refractivity contribution is 5.38. The van der Waals surface area contributed by atoms with Gasteiger partial charge in [-0.3, -0.25) is 4.98 Å². The third-order valence-electron chi connectivity index (χ3n) is 4.57. The van der Waals surface area contributed by atoms with Crippen molar-refractivity contribution in [3.63, 3.8) is 0 Å². The Morgan fingerprint density at radius 2 is 2.05 bits per heavy atom. The normalized spacial score (nSPS) is 21.6. The highest BCUT2D eigenvalue weighted by Crippen LogP contribution is 2.39. The number of nitrogens with two attached hydrogens (primary N) is 1. The number of aryl methyl sites for hydroxylation is 1. The summed E-state index contributed by atoms with van der Waals surface area (Å²) in [6, 6.07) is 10.7. The molecule has 0 fully saturated rings. The molecule has 0 bridgehead atoms. The Kier molecular flexibility index (Phi) is 2.83. The molecule has 2 aliphatic rings. The summed E-state index contributed by atoms with van der Waals surface area (Å²) in [5.74, 6) is 0.339. The molecule has 3 heteroatoms. The molecular formula is C17H18N2O. The van der Waals surface area contributed by atoms with Gasteiger partial charge in [0.2, 0.25) is 0 Å². The van der Waals surface area contributed by atoms with E-state index in [2.05, 4.69) is 29.2 Å². The second kappa shape index (κ2) is 4.69. The third-order valence-corrected chi connectivity index (χ3v) is 4.57. The first kappa shape index (κ1) is 12.1. The van der Waals surface area contributed by atoms with Gasteiger partial charge in [-0.25, -0.2) is 0 Å². The van der Waals surface area contributed by atoms with Crippen molar-refractivity contribution in [1.29, 1.82) is 0 Å². The van der Waals surface area contributed by atoms with Crippen molar-refractivity contribution in [2.75, 3.05) is 0 Å². The number of aromatic nitrogens is 1. The first-order valence-electron chi connectivity index (χ1n) is 7.22. The summed E-state index contributed by atoms with van der Waals surface area (Å²) in [5.41, 5.74) is 12.9. The van der Waals surface area contributed by atoms with E-state index in [1.165, 1.54) is 27.9 Å². The lowest BCUT2D eigenvalue weighted by atomic mass is 9.90. The number of hydrogen-bond acceptors (Lipinski definition) is 3. The number of benzene rings is 1. The maximum atomic E-state index is 6.53. The molecule has 1 aliphatic carbocycles. The van der Waals surface area contributed by atoms with Crippen LogP contribution in [0.2, 0.25) is 0 Å². The molecule has 2 heterocycles. The zero-order chi connectivity index (χ0) is 13.5. The SMILES string of the molecule is NC(c1ccc2c(c1)COC2)C1CCc2cccnc21. The molecule has 3 nitrogen and oxygen atoms in total. The monoisotopic (exact) mass is 266 g/mol. The quantitative estimate of drug-likeness (QED) is 0.909. The number of hydrogen-bond donors (Lipinski definition) is 1. The summed E-state index contributed by atoms with van der Waals surface area (Å²) in [6.07, 6.45) is 4.07. The fourth-order valence-electron chi connectivity index (χ4n) is 3.43. The fourth-order valence-corrected chi connectivity index (χ4v) is 3.43. The fraction of sp³-hybridized carbons (Fsp3) is 0.353. The lowest BCUT2D eigenvalue weighted by Crippen LogP contribution is -2.19. The second-order valence-corrected chi connectivity index (χ2v) is 5.74. The Balaban J connectivity index is 1.67. The van der Waals surface area contributed by atoms with Gasteiger partial charge in [0.1, 0.15) is 0 Å². The van der Waals surface area contributed by atoms with E-state index in [0.717, 1.165) is 26.1 Å². The molecule has 0 spiro atoms. The lowest BCUT2D eigenvalue weighted by molar-refractivity contribution is 0.134. The van der Waals surface area contributed by atoms with Crippen molar-refractivity contribution < 1.29 is 4.74 Å². The summed E-state index contributed by atoms with van der Waals surface area (Å²) in [4.78, 5) is 4.56. The largest absolute Gasteiger partial charge is 0.372 e. The first-order chi connectivity index (χ1) is 9.83. The van der Waals surface area contributed by atoms with E-state index in [1.54, 1.807) is 0 Å². The van der Waals surface area contributed by atoms with E-state index in [4.69, 9.17) is 10.5 Å². The van der Waals surface area contributed by atoms with Gasteiger partial charge in [-0.05, 0) is 41.2 Å². The number of nitrogens with zero attached hydrogens (tertiary/aromatic N) is 1. The average Bonchev–Trinajstić information content (AvgIpc) is 3.12. The van der Waals surface area contributed by atoms with Crippen molar-refractivity contribution in [1.82, 2.24) is 4.98 Å².